The maximum atomic E-state index is 12.7. The van der Waals surface area contributed by atoms with Gasteiger partial charge in [-0.05, 0) is 54.8 Å². The maximum absolute atomic E-state index is 12.7. The topological polar surface area (TPSA) is 104 Å². The SMILES string of the molecule is CCOC(=O)C(Cc1ccc(OCCN2C(=O)COc3ccc(C(N=O)c4ccccc4)cc32)cc1)OCC. The van der Waals surface area contributed by atoms with Crippen molar-refractivity contribution in [3.05, 3.63) is 94.4 Å². The summed E-state index contributed by atoms with van der Waals surface area (Å²) in [7, 11) is 0. The molecule has 3 aromatic rings. The van der Waals surface area contributed by atoms with Gasteiger partial charge in [0.2, 0.25) is 0 Å². The van der Waals surface area contributed by atoms with E-state index in [1.54, 1.807) is 30.0 Å². The molecule has 9 heteroatoms. The molecule has 1 aliphatic rings. The van der Waals surface area contributed by atoms with Gasteiger partial charge in [0.1, 0.15) is 24.1 Å². The van der Waals surface area contributed by atoms with Gasteiger partial charge in [-0.1, -0.05) is 53.7 Å². The van der Waals surface area contributed by atoms with Crippen LogP contribution in [0.25, 0.3) is 0 Å². The molecule has 0 saturated heterocycles. The Hall–Kier alpha value is -4.24. The van der Waals surface area contributed by atoms with Crippen LogP contribution in [0.4, 0.5) is 5.69 Å². The Kier molecular flexibility index (Phi) is 9.64. The van der Waals surface area contributed by atoms with E-state index in [4.69, 9.17) is 18.9 Å². The van der Waals surface area contributed by atoms with Gasteiger partial charge in [-0.2, -0.15) is 0 Å². The standard InChI is InChI=1S/C30H32N2O7/c1-3-36-27(30(34)37-4-2)18-21-10-13-24(14-11-21)38-17-16-32-25-19-23(12-15-26(25)39-20-28(32)33)29(31-35)22-8-6-5-7-9-22/h5-15,19,27,29H,3-4,16-18,20H2,1-2H3. The van der Waals surface area contributed by atoms with Crippen LogP contribution in [0.5, 0.6) is 11.5 Å². The van der Waals surface area contributed by atoms with Crippen molar-refractivity contribution in [1.82, 2.24) is 0 Å². The summed E-state index contributed by atoms with van der Waals surface area (Å²) >= 11 is 0. The summed E-state index contributed by atoms with van der Waals surface area (Å²) in [6, 6.07) is 21.3. The predicted molar refractivity (Wildman–Crippen MR) is 146 cm³/mol. The molecule has 1 aliphatic heterocycles. The number of hydrogen-bond acceptors (Lipinski definition) is 8. The minimum Gasteiger partial charge on any atom is -0.492 e. The molecule has 0 radical (unpaired) electrons. The zero-order chi connectivity index (χ0) is 27.6. The smallest absolute Gasteiger partial charge is 0.335 e. The zero-order valence-corrected chi connectivity index (χ0v) is 22.1. The molecule has 1 amide bonds. The Balaban J connectivity index is 1.40. The fraction of sp³-hybridized carbons (Fsp3) is 0.333. The van der Waals surface area contributed by atoms with Crippen LogP contribution in [0.2, 0.25) is 0 Å². The monoisotopic (exact) mass is 532 g/mol. The number of amides is 1. The van der Waals surface area contributed by atoms with Gasteiger partial charge in [0.15, 0.2) is 12.7 Å². The van der Waals surface area contributed by atoms with Crippen molar-refractivity contribution in [3.8, 4) is 11.5 Å². The number of carbonyl (C=O) groups is 2. The summed E-state index contributed by atoms with van der Waals surface area (Å²) in [5, 5.41) is 3.32. The molecule has 2 unspecified atom stereocenters. The molecule has 1 heterocycles. The highest BCUT2D eigenvalue weighted by molar-refractivity contribution is 5.98. The minimum atomic E-state index is -0.698. The Bertz CT molecular complexity index is 1260. The van der Waals surface area contributed by atoms with Gasteiger partial charge in [-0.3, -0.25) is 4.79 Å². The zero-order valence-electron chi connectivity index (χ0n) is 22.1. The van der Waals surface area contributed by atoms with Crippen molar-refractivity contribution in [2.24, 2.45) is 5.18 Å². The highest BCUT2D eigenvalue weighted by atomic mass is 16.6. The van der Waals surface area contributed by atoms with E-state index >= 15 is 0 Å². The minimum absolute atomic E-state index is 0.0729. The fourth-order valence-corrected chi connectivity index (χ4v) is 4.42. The lowest BCUT2D eigenvalue weighted by Crippen LogP contribution is -2.41. The third kappa shape index (κ3) is 7.00. The van der Waals surface area contributed by atoms with E-state index in [1.807, 2.05) is 61.5 Å². The number of esters is 1. The van der Waals surface area contributed by atoms with Crippen LogP contribution in [0.3, 0.4) is 0 Å². The van der Waals surface area contributed by atoms with Crippen molar-refractivity contribution >= 4 is 17.6 Å². The molecule has 0 aromatic heterocycles. The molecule has 4 rings (SSSR count). The molecule has 2 atom stereocenters. The van der Waals surface area contributed by atoms with Crippen LogP contribution in [-0.4, -0.2) is 51.0 Å². The molecule has 0 fully saturated rings. The van der Waals surface area contributed by atoms with Crippen LogP contribution in [0, 0.1) is 4.91 Å². The Morgan fingerprint density at radius 2 is 1.77 bits per heavy atom. The Morgan fingerprint density at radius 1 is 1.00 bits per heavy atom. The third-order valence-corrected chi connectivity index (χ3v) is 6.31. The largest absolute Gasteiger partial charge is 0.492 e. The average molecular weight is 533 g/mol. The number of hydrogen-bond donors (Lipinski definition) is 0. The first-order valence-electron chi connectivity index (χ1n) is 13.0. The summed E-state index contributed by atoms with van der Waals surface area (Å²) < 4.78 is 22.2. The molecule has 0 aliphatic carbocycles. The van der Waals surface area contributed by atoms with Gasteiger partial charge in [-0.25, -0.2) is 4.79 Å². The van der Waals surface area contributed by atoms with E-state index in [-0.39, 0.29) is 25.1 Å². The van der Waals surface area contributed by atoms with E-state index in [1.165, 1.54) is 0 Å². The van der Waals surface area contributed by atoms with Crippen molar-refractivity contribution < 1.29 is 28.5 Å². The second-order valence-electron chi connectivity index (χ2n) is 8.87. The summed E-state index contributed by atoms with van der Waals surface area (Å²) in [5.74, 6) is 0.616. The van der Waals surface area contributed by atoms with E-state index in [9.17, 15) is 14.5 Å². The van der Waals surface area contributed by atoms with E-state index in [0.29, 0.717) is 48.9 Å². The second kappa shape index (κ2) is 13.5. The average Bonchev–Trinajstić information content (AvgIpc) is 2.96. The van der Waals surface area contributed by atoms with E-state index < -0.39 is 12.1 Å². The van der Waals surface area contributed by atoms with Crippen LogP contribution in [0.15, 0.2) is 78.0 Å². The molecule has 0 spiro atoms. The lowest BCUT2D eigenvalue weighted by Gasteiger charge is -2.30. The summed E-state index contributed by atoms with van der Waals surface area (Å²) in [4.78, 5) is 38.2. The maximum Gasteiger partial charge on any atom is 0.335 e. The van der Waals surface area contributed by atoms with Crippen molar-refractivity contribution in [3.63, 3.8) is 0 Å². The van der Waals surface area contributed by atoms with Crippen molar-refractivity contribution in [1.29, 1.82) is 0 Å². The van der Waals surface area contributed by atoms with E-state index in [0.717, 1.165) is 11.1 Å². The number of ether oxygens (including phenoxy) is 4. The van der Waals surface area contributed by atoms with Crippen molar-refractivity contribution in [2.45, 2.75) is 32.4 Å². The molecule has 9 nitrogen and oxygen atoms in total. The molecular weight excluding hydrogens is 500 g/mol. The molecule has 0 bridgehead atoms. The summed E-state index contributed by atoms with van der Waals surface area (Å²) in [6.07, 6.45) is -0.261. The fourth-order valence-electron chi connectivity index (χ4n) is 4.42. The normalized spacial score (nSPS) is 14.1. The Labute approximate surface area is 227 Å². The first-order chi connectivity index (χ1) is 19.0. The number of rotatable bonds is 13. The van der Waals surface area contributed by atoms with Crippen LogP contribution < -0.4 is 14.4 Å². The molecule has 39 heavy (non-hydrogen) atoms. The number of nitroso groups, excluding NO2 is 1. The summed E-state index contributed by atoms with van der Waals surface area (Å²) in [6.45, 7) is 4.77. The Morgan fingerprint density at radius 3 is 2.46 bits per heavy atom. The first-order valence-corrected chi connectivity index (χ1v) is 13.0. The molecular formula is C30H32N2O7. The number of anilines is 1. The quantitative estimate of drug-likeness (QED) is 0.229. The summed E-state index contributed by atoms with van der Waals surface area (Å²) in [5.41, 5.74) is 2.93. The van der Waals surface area contributed by atoms with Gasteiger partial charge in [0.05, 0.1) is 18.8 Å². The van der Waals surface area contributed by atoms with Gasteiger partial charge in [0.25, 0.3) is 5.91 Å². The second-order valence-corrected chi connectivity index (χ2v) is 8.87. The molecule has 204 valence electrons. The molecule has 0 saturated carbocycles. The predicted octanol–water partition coefficient (Wildman–Crippen LogP) is 4.86. The van der Waals surface area contributed by atoms with Gasteiger partial charge in [0, 0.05) is 13.0 Å². The first kappa shape index (κ1) is 27.8. The highest BCUT2D eigenvalue weighted by Crippen LogP contribution is 2.37. The van der Waals surface area contributed by atoms with Crippen LogP contribution in [-0.2, 0) is 25.5 Å². The number of fused-ring (bicyclic) bond motifs is 1. The van der Waals surface area contributed by atoms with Gasteiger partial charge in [-0.15, -0.1) is 4.91 Å². The molecule has 0 N–H and O–H groups in total. The van der Waals surface area contributed by atoms with Crippen LogP contribution >= 0.6 is 0 Å². The lowest BCUT2D eigenvalue weighted by atomic mass is 9.98. The lowest BCUT2D eigenvalue weighted by molar-refractivity contribution is -0.156. The van der Waals surface area contributed by atoms with Gasteiger partial charge < -0.3 is 23.8 Å². The van der Waals surface area contributed by atoms with Crippen molar-refractivity contribution in [2.75, 3.05) is 37.9 Å². The molecule has 3 aromatic carbocycles. The van der Waals surface area contributed by atoms with Gasteiger partial charge >= 0.3 is 5.97 Å². The number of carbonyl (C=O) groups excluding carboxylic acids is 2. The number of benzene rings is 3. The number of nitrogens with zero attached hydrogens (tertiary/aromatic N) is 2. The third-order valence-electron chi connectivity index (χ3n) is 6.31. The highest BCUT2D eigenvalue weighted by Gasteiger charge is 2.27. The van der Waals surface area contributed by atoms with E-state index in [2.05, 4.69) is 5.18 Å². The van der Waals surface area contributed by atoms with Crippen LogP contribution in [0.1, 0.15) is 36.6 Å².